The van der Waals surface area contributed by atoms with Gasteiger partial charge in [-0.15, -0.1) is 0 Å². The number of rotatable bonds is 2. The first-order valence-electron chi connectivity index (χ1n) is 7.91. The number of hydrogen-bond acceptors (Lipinski definition) is 4. The van der Waals surface area contributed by atoms with Gasteiger partial charge in [-0.3, -0.25) is 0 Å². The van der Waals surface area contributed by atoms with Gasteiger partial charge in [-0.25, -0.2) is 0 Å². The molecule has 2 aliphatic rings. The number of aryl methyl sites for hydroxylation is 1. The van der Waals surface area contributed by atoms with E-state index in [1.807, 2.05) is 46.8 Å². The monoisotopic (exact) mass is 304 g/mol. The van der Waals surface area contributed by atoms with Crippen molar-refractivity contribution < 1.29 is 19.2 Å². The smallest absolute Gasteiger partial charge is 0.399 e. The maximum atomic E-state index is 10.8. The SMILES string of the molecule is Cc1cc(B2OC(C)(C)C(C)(C)O2)cc(C2(O)CCOC2)c1. The first-order chi connectivity index (χ1) is 10.1. The summed E-state index contributed by atoms with van der Waals surface area (Å²) in [6.07, 6.45) is 0.624. The fraction of sp³-hybridized carbons (Fsp3) is 0.647. The number of aliphatic hydroxyl groups is 1. The van der Waals surface area contributed by atoms with E-state index in [2.05, 4.69) is 6.07 Å². The van der Waals surface area contributed by atoms with Crippen LogP contribution in [0.25, 0.3) is 0 Å². The molecule has 0 aromatic heterocycles. The minimum atomic E-state index is -0.898. The Labute approximate surface area is 132 Å². The summed E-state index contributed by atoms with van der Waals surface area (Å²) < 4.78 is 17.6. The summed E-state index contributed by atoms with van der Waals surface area (Å²) in [4.78, 5) is 0. The highest BCUT2D eigenvalue weighted by Gasteiger charge is 2.52. The molecule has 2 saturated heterocycles. The normalized spacial score (nSPS) is 30.0. The molecule has 120 valence electrons. The molecule has 3 rings (SSSR count). The quantitative estimate of drug-likeness (QED) is 0.848. The van der Waals surface area contributed by atoms with Gasteiger partial charge in [-0.05, 0) is 45.6 Å². The van der Waals surface area contributed by atoms with Gasteiger partial charge in [0.2, 0.25) is 0 Å². The van der Waals surface area contributed by atoms with E-state index in [1.54, 1.807) is 0 Å². The topological polar surface area (TPSA) is 47.9 Å². The predicted molar refractivity (Wildman–Crippen MR) is 86.2 cm³/mol. The maximum absolute atomic E-state index is 10.8. The summed E-state index contributed by atoms with van der Waals surface area (Å²) in [7, 11) is -0.408. The summed E-state index contributed by atoms with van der Waals surface area (Å²) in [6.45, 7) is 11.1. The average Bonchev–Trinajstić information content (AvgIpc) is 2.92. The van der Waals surface area contributed by atoms with Gasteiger partial charge in [0.1, 0.15) is 5.60 Å². The van der Waals surface area contributed by atoms with E-state index < -0.39 is 12.7 Å². The summed E-state index contributed by atoms with van der Waals surface area (Å²) in [5.74, 6) is 0. The van der Waals surface area contributed by atoms with E-state index in [4.69, 9.17) is 14.0 Å². The van der Waals surface area contributed by atoms with E-state index in [0.29, 0.717) is 19.6 Å². The van der Waals surface area contributed by atoms with Crippen molar-refractivity contribution in [1.29, 1.82) is 0 Å². The second-order valence-corrected chi connectivity index (χ2v) is 7.55. The van der Waals surface area contributed by atoms with Crippen molar-refractivity contribution in [3.63, 3.8) is 0 Å². The van der Waals surface area contributed by atoms with Crippen molar-refractivity contribution in [2.45, 2.75) is 57.8 Å². The molecule has 1 N–H and O–H groups in total. The molecule has 0 bridgehead atoms. The van der Waals surface area contributed by atoms with Crippen LogP contribution in [0, 0.1) is 6.92 Å². The van der Waals surface area contributed by atoms with Gasteiger partial charge in [-0.1, -0.05) is 23.8 Å². The second-order valence-electron chi connectivity index (χ2n) is 7.55. The third-order valence-electron chi connectivity index (χ3n) is 5.16. The van der Waals surface area contributed by atoms with Crippen LogP contribution in [0.5, 0.6) is 0 Å². The molecule has 5 heteroatoms. The average molecular weight is 304 g/mol. The predicted octanol–water partition coefficient (Wildman–Crippen LogP) is 1.90. The summed E-state index contributed by atoms with van der Waals surface area (Å²) in [5.41, 5.74) is 1.29. The summed E-state index contributed by atoms with van der Waals surface area (Å²) >= 11 is 0. The van der Waals surface area contributed by atoms with Crippen LogP contribution in [0.4, 0.5) is 0 Å². The highest BCUT2D eigenvalue weighted by Crippen LogP contribution is 2.37. The molecule has 1 aromatic carbocycles. The van der Waals surface area contributed by atoms with Gasteiger partial charge in [0.15, 0.2) is 0 Å². The van der Waals surface area contributed by atoms with Crippen molar-refractivity contribution in [3.8, 4) is 0 Å². The van der Waals surface area contributed by atoms with Crippen molar-refractivity contribution in [1.82, 2.24) is 0 Å². The van der Waals surface area contributed by atoms with Crippen molar-refractivity contribution in [2.24, 2.45) is 0 Å². The van der Waals surface area contributed by atoms with Crippen LogP contribution >= 0.6 is 0 Å². The molecule has 22 heavy (non-hydrogen) atoms. The van der Waals surface area contributed by atoms with Gasteiger partial charge < -0.3 is 19.2 Å². The van der Waals surface area contributed by atoms with Crippen molar-refractivity contribution >= 4 is 12.6 Å². The fourth-order valence-corrected chi connectivity index (χ4v) is 2.98. The van der Waals surface area contributed by atoms with Gasteiger partial charge in [0, 0.05) is 13.0 Å². The second kappa shape index (κ2) is 5.06. The minimum Gasteiger partial charge on any atom is -0.399 e. The Kier molecular flexibility index (Phi) is 3.68. The third kappa shape index (κ3) is 2.60. The molecule has 0 spiro atoms. The third-order valence-corrected chi connectivity index (χ3v) is 5.16. The zero-order valence-electron chi connectivity index (χ0n) is 14.1. The highest BCUT2D eigenvalue weighted by atomic mass is 16.7. The summed E-state index contributed by atoms with van der Waals surface area (Å²) in [5, 5.41) is 10.8. The zero-order valence-corrected chi connectivity index (χ0v) is 14.1. The Morgan fingerprint density at radius 3 is 2.23 bits per heavy atom. The van der Waals surface area contributed by atoms with Crippen molar-refractivity contribution in [2.75, 3.05) is 13.2 Å². The Morgan fingerprint density at radius 2 is 1.68 bits per heavy atom. The molecule has 1 atom stereocenters. The zero-order chi connectivity index (χ0) is 16.2. The van der Waals surface area contributed by atoms with Gasteiger partial charge >= 0.3 is 7.12 Å². The fourth-order valence-electron chi connectivity index (χ4n) is 2.98. The van der Waals surface area contributed by atoms with E-state index in [-0.39, 0.29) is 11.2 Å². The van der Waals surface area contributed by atoms with E-state index >= 15 is 0 Å². The molecule has 2 aliphatic heterocycles. The standard InChI is InChI=1S/C17H25BO4/c1-12-8-13(17(19)6-7-20-11-17)10-14(9-12)18-21-15(2,3)16(4,5)22-18/h8-10,19H,6-7,11H2,1-5H3. The summed E-state index contributed by atoms with van der Waals surface area (Å²) in [6, 6.07) is 6.07. The van der Waals surface area contributed by atoms with Crippen LogP contribution in [0.3, 0.4) is 0 Å². The van der Waals surface area contributed by atoms with Crippen LogP contribution in [-0.4, -0.2) is 36.6 Å². The Hall–Kier alpha value is -0.875. The minimum absolute atomic E-state index is 0.346. The molecule has 0 radical (unpaired) electrons. The molecular formula is C17H25BO4. The van der Waals surface area contributed by atoms with Crippen LogP contribution in [0.2, 0.25) is 0 Å². The Balaban J connectivity index is 1.94. The van der Waals surface area contributed by atoms with Crippen LogP contribution < -0.4 is 5.46 Å². The lowest BCUT2D eigenvalue weighted by atomic mass is 9.75. The van der Waals surface area contributed by atoms with Gasteiger partial charge in [-0.2, -0.15) is 0 Å². The highest BCUT2D eigenvalue weighted by molar-refractivity contribution is 6.62. The van der Waals surface area contributed by atoms with Crippen molar-refractivity contribution in [3.05, 3.63) is 29.3 Å². The molecule has 0 saturated carbocycles. The lowest BCUT2D eigenvalue weighted by Gasteiger charge is -2.32. The van der Waals surface area contributed by atoms with Crippen LogP contribution in [0.1, 0.15) is 45.2 Å². The lowest BCUT2D eigenvalue weighted by Crippen LogP contribution is -2.41. The molecule has 0 aliphatic carbocycles. The van der Waals surface area contributed by atoms with Gasteiger partial charge in [0.25, 0.3) is 0 Å². The molecule has 0 amide bonds. The van der Waals surface area contributed by atoms with Crippen LogP contribution in [-0.2, 0) is 19.6 Å². The Bertz CT molecular complexity index is 560. The Morgan fingerprint density at radius 1 is 1.05 bits per heavy atom. The van der Waals surface area contributed by atoms with Gasteiger partial charge in [0.05, 0.1) is 17.8 Å². The number of ether oxygens (including phenoxy) is 1. The lowest BCUT2D eigenvalue weighted by molar-refractivity contribution is 0.00578. The molecule has 1 aromatic rings. The first kappa shape index (κ1) is 16.0. The molecule has 1 unspecified atom stereocenters. The number of benzene rings is 1. The molecule has 2 fully saturated rings. The van der Waals surface area contributed by atoms with E-state index in [1.165, 1.54) is 0 Å². The molecule has 2 heterocycles. The largest absolute Gasteiger partial charge is 0.494 e. The van der Waals surface area contributed by atoms with E-state index in [9.17, 15) is 5.11 Å². The van der Waals surface area contributed by atoms with E-state index in [0.717, 1.165) is 16.6 Å². The number of hydrogen-bond donors (Lipinski definition) is 1. The molecule has 4 nitrogen and oxygen atoms in total. The first-order valence-corrected chi connectivity index (χ1v) is 7.91. The van der Waals surface area contributed by atoms with Crippen LogP contribution in [0.15, 0.2) is 18.2 Å². The molecular weight excluding hydrogens is 279 g/mol. The maximum Gasteiger partial charge on any atom is 0.494 e.